The van der Waals surface area contributed by atoms with Crippen molar-refractivity contribution in [2.24, 2.45) is 0 Å². The van der Waals surface area contributed by atoms with Gasteiger partial charge in [-0.1, -0.05) is 13.0 Å². The fraction of sp³-hybridized carbons (Fsp3) is 0.474. The molecule has 1 aromatic rings. The Kier molecular flexibility index (Phi) is 8.19. The van der Waals surface area contributed by atoms with Gasteiger partial charge < -0.3 is 14.7 Å². The van der Waals surface area contributed by atoms with E-state index in [4.69, 9.17) is 9.84 Å². The van der Waals surface area contributed by atoms with Gasteiger partial charge in [0.05, 0.1) is 7.11 Å². The monoisotopic (exact) mass is 412 g/mol. The molecule has 2 N–H and O–H groups in total. The lowest BCUT2D eigenvalue weighted by molar-refractivity contribution is -0.142. The molecule has 0 atom stereocenters. The van der Waals surface area contributed by atoms with Crippen LogP contribution in [0, 0.1) is 0 Å². The maximum atomic E-state index is 12.7. The second-order valence-corrected chi connectivity index (χ2v) is 8.90. The van der Waals surface area contributed by atoms with Gasteiger partial charge in [0.25, 0.3) is 0 Å². The molecular formula is C19H28N2O6S. The number of aliphatic carboxylic acids is 1. The van der Waals surface area contributed by atoms with Crippen molar-refractivity contribution in [3.05, 3.63) is 29.8 Å². The molecule has 28 heavy (non-hydrogen) atoms. The van der Waals surface area contributed by atoms with Crippen LogP contribution in [0.25, 0.3) is 6.08 Å². The maximum absolute atomic E-state index is 12.7. The lowest BCUT2D eigenvalue weighted by Gasteiger charge is -2.21. The summed E-state index contributed by atoms with van der Waals surface area (Å²) in [6.45, 7) is 6.94. The smallest absolute Gasteiger partial charge is 0.323 e. The van der Waals surface area contributed by atoms with Gasteiger partial charge in [-0.3, -0.25) is 9.59 Å². The van der Waals surface area contributed by atoms with Crippen LogP contribution in [-0.4, -0.2) is 56.0 Å². The van der Waals surface area contributed by atoms with Gasteiger partial charge in [-0.15, -0.1) is 0 Å². The predicted molar refractivity (Wildman–Crippen MR) is 107 cm³/mol. The topological polar surface area (TPSA) is 113 Å². The molecule has 0 radical (unpaired) electrons. The van der Waals surface area contributed by atoms with Gasteiger partial charge in [-0.05, 0) is 51.0 Å². The van der Waals surface area contributed by atoms with Crippen molar-refractivity contribution >= 4 is 28.0 Å². The number of hydrogen-bond acceptors (Lipinski definition) is 5. The molecule has 1 rings (SSSR count). The molecule has 0 aliphatic carbocycles. The molecule has 0 aliphatic rings. The minimum atomic E-state index is -3.84. The Hall–Kier alpha value is -2.39. The Morgan fingerprint density at radius 1 is 1.29 bits per heavy atom. The molecule has 1 amide bonds. The molecule has 0 aliphatic heterocycles. The van der Waals surface area contributed by atoms with E-state index in [2.05, 4.69) is 4.72 Å². The molecule has 8 nitrogen and oxygen atoms in total. The van der Waals surface area contributed by atoms with E-state index in [9.17, 15) is 18.0 Å². The Morgan fingerprint density at radius 3 is 2.43 bits per heavy atom. The van der Waals surface area contributed by atoms with Crippen LogP contribution in [0.15, 0.2) is 29.2 Å². The molecule has 0 heterocycles. The van der Waals surface area contributed by atoms with Crippen LogP contribution in [0.2, 0.25) is 0 Å². The summed E-state index contributed by atoms with van der Waals surface area (Å²) >= 11 is 0. The molecule has 0 bridgehead atoms. The van der Waals surface area contributed by atoms with Crippen LogP contribution in [-0.2, 0) is 19.6 Å². The van der Waals surface area contributed by atoms with Crippen LogP contribution in [0.3, 0.4) is 0 Å². The zero-order chi connectivity index (χ0) is 21.5. The van der Waals surface area contributed by atoms with Crippen LogP contribution in [0.4, 0.5) is 0 Å². The molecule has 0 saturated carbocycles. The summed E-state index contributed by atoms with van der Waals surface area (Å²) in [7, 11) is -2.47. The number of carboxylic acids is 1. The second-order valence-electron chi connectivity index (χ2n) is 7.25. The third-order valence-electron chi connectivity index (χ3n) is 3.47. The lowest BCUT2D eigenvalue weighted by Crippen LogP contribution is -2.40. The Bertz CT molecular complexity index is 840. The summed E-state index contributed by atoms with van der Waals surface area (Å²) in [5, 5.41) is 8.92. The van der Waals surface area contributed by atoms with Crippen LogP contribution < -0.4 is 9.46 Å². The van der Waals surface area contributed by atoms with Gasteiger partial charge in [0, 0.05) is 18.2 Å². The van der Waals surface area contributed by atoms with Crippen LogP contribution in [0.5, 0.6) is 5.75 Å². The molecule has 156 valence electrons. The molecule has 0 fully saturated rings. The molecule has 1 aromatic carbocycles. The standard InChI is InChI=1S/C19H28N2O6S/c1-6-11-21(13-18(23)24)17(22)10-8-14-7-9-15(27-5)16(12-14)28(25,26)20-19(2,3)4/h7-10,12,20H,6,11,13H2,1-5H3,(H,23,24)/b10-8+. The summed E-state index contributed by atoms with van der Waals surface area (Å²) in [5.41, 5.74) is -0.210. The fourth-order valence-electron chi connectivity index (χ4n) is 2.44. The lowest BCUT2D eigenvalue weighted by atomic mass is 10.1. The number of hydrogen-bond donors (Lipinski definition) is 2. The van der Waals surface area contributed by atoms with Crippen molar-refractivity contribution in [2.75, 3.05) is 20.2 Å². The van der Waals surface area contributed by atoms with E-state index in [0.717, 1.165) is 0 Å². The number of nitrogens with zero attached hydrogens (tertiary/aromatic N) is 1. The van der Waals surface area contributed by atoms with E-state index >= 15 is 0 Å². The zero-order valence-electron chi connectivity index (χ0n) is 16.9. The average Bonchev–Trinajstić information content (AvgIpc) is 2.56. The Balaban J connectivity index is 3.18. The third-order valence-corrected chi connectivity index (χ3v) is 5.25. The van der Waals surface area contributed by atoms with Crippen LogP contribution in [0.1, 0.15) is 39.7 Å². The van der Waals surface area contributed by atoms with Gasteiger partial charge >= 0.3 is 5.97 Å². The van der Waals surface area contributed by atoms with Gasteiger partial charge in [0.15, 0.2) is 0 Å². The number of methoxy groups -OCH3 is 1. The first-order valence-electron chi connectivity index (χ1n) is 8.80. The third kappa shape index (κ3) is 7.32. The number of sulfonamides is 1. The maximum Gasteiger partial charge on any atom is 0.323 e. The van der Waals surface area contributed by atoms with Crippen molar-refractivity contribution in [2.45, 2.75) is 44.6 Å². The highest BCUT2D eigenvalue weighted by Crippen LogP contribution is 2.26. The van der Waals surface area contributed by atoms with Crippen LogP contribution >= 0.6 is 0 Å². The molecule has 9 heteroatoms. The predicted octanol–water partition coefficient (Wildman–Crippen LogP) is 2.11. The van der Waals surface area contributed by atoms with Gasteiger partial charge in [-0.25, -0.2) is 13.1 Å². The normalized spacial score (nSPS) is 12.2. The molecule has 0 unspecified atom stereocenters. The molecule has 0 spiro atoms. The molecule has 0 saturated heterocycles. The van der Waals surface area contributed by atoms with Crippen molar-refractivity contribution in [1.29, 1.82) is 0 Å². The molecule has 0 aromatic heterocycles. The Morgan fingerprint density at radius 2 is 1.93 bits per heavy atom. The number of benzene rings is 1. The van der Waals surface area contributed by atoms with E-state index in [1.54, 1.807) is 26.8 Å². The number of nitrogens with one attached hydrogen (secondary N) is 1. The summed E-state index contributed by atoms with van der Waals surface area (Å²) in [5.74, 6) is -1.38. The summed E-state index contributed by atoms with van der Waals surface area (Å²) in [6, 6.07) is 4.51. The quantitative estimate of drug-likeness (QED) is 0.601. The number of carbonyl (C=O) groups is 2. The van der Waals surface area contributed by atoms with Crippen molar-refractivity contribution < 1.29 is 27.9 Å². The van der Waals surface area contributed by atoms with Gasteiger partial charge in [0.2, 0.25) is 15.9 Å². The Labute approximate surface area is 166 Å². The summed E-state index contributed by atoms with van der Waals surface area (Å²) in [6.07, 6.45) is 3.30. The number of amides is 1. The highest BCUT2D eigenvalue weighted by Gasteiger charge is 2.25. The minimum Gasteiger partial charge on any atom is -0.495 e. The zero-order valence-corrected chi connectivity index (χ0v) is 17.7. The van der Waals surface area contributed by atoms with E-state index < -0.39 is 34.0 Å². The number of carboxylic acid groups (broad SMARTS) is 1. The second kappa shape index (κ2) is 9.70. The number of ether oxygens (including phenoxy) is 1. The van der Waals surface area contributed by atoms with Crippen molar-refractivity contribution in [3.8, 4) is 5.75 Å². The van der Waals surface area contributed by atoms with E-state index in [1.807, 2.05) is 6.92 Å². The first-order valence-corrected chi connectivity index (χ1v) is 10.3. The first kappa shape index (κ1) is 23.6. The largest absolute Gasteiger partial charge is 0.495 e. The number of carbonyl (C=O) groups excluding carboxylic acids is 1. The van der Waals surface area contributed by atoms with Crippen molar-refractivity contribution in [1.82, 2.24) is 9.62 Å². The van der Waals surface area contributed by atoms with E-state index in [1.165, 1.54) is 36.3 Å². The van der Waals surface area contributed by atoms with E-state index in [0.29, 0.717) is 18.5 Å². The molecular weight excluding hydrogens is 384 g/mol. The first-order chi connectivity index (χ1) is 12.9. The SMILES string of the molecule is CCCN(CC(=O)O)C(=O)/C=C/c1ccc(OC)c(S(=O)(=O)NC(C)(C)C)c1. The van der Waals surface area contributed by atoms with Gasteiger partial charge in [-0.2, -0.15) is 0 Å². The minimum absolute atomic E-state index is 0.0459. The van der Waals surface area contributed by atoms with Crippen molar-refractivity contribution in [3.63, 3.8) is 0 Å². The number of rotatable bonds is 9. The fourth-order valence-corrected chi connectivity index (χ4v) is 4.06. The summed E-state index contributed by atoms with van der Waals surface area (Å²) < 4.78 is 33.1. The highest BCUT2D eigenvalue weighted by atomic mass is 32.2. The van der Waals surface area contributed by atoms with Gasteiger partial charge in [0.1, 0.15) is 17.2 Å². The van der Waals surface area contributed by atoms with E-state index in [-0.39, 0.29) is 10.6 Å². The highest BCUT2D eigenvalue weighted by molar-refractivity contribution is 7.89. The summed E-state index contributed by atoms with van der Waals surface area (Å²) in [4.78, 5) is 24.3. The average molecular weight is 413 g/mol.